The van der Waals surface area contributed by atoms with Gasteiger partial charge in [-0.1, -0.05) is 15.2 Å². The molecule has 0 bridgehead atoms. The minimum Gasteiger partial charge on any atom is -0.469 e. The first-order valence-electron chi connectivity index (χ1n) is 18.1. The van der Waals surface area contributed by atoms with Gasteiger partial charge in [0.1, 0.15) is 26.4 Å². The van der Waals surface area contributed by atoms with Crippen molar-refractivity contribution in [2.45, 2.75) is 44.9 Å². The van der Waals surface area contributed by atoms with Gasteiger partial charge in [0.25, 0.3) is 35.4 Å². The number of hydroxylamine groups is 6. The van der Waals surface area contributed by atoms with Crippen LogP contribution in [-0.4, -0.2) is 174 Å². The minimum atomic E-state index is -1.44. The Labute approximate surface area is 339 Å². The van der Waals surface area contributed by atoms with Gasteiger partial charge >= 0.3 is 30.5 Å². The Morgan fingerprint density at radius 2 is 0.850 bits per heavy atom. The van der Waals surface area contributed by atoms with Gasteiger partial charge in [0.05, 0.1) is 71.8 Å². The van der Waals surface area contributed by atoms with Gasteiger partial charge in [-0.15, -0.1) is 0 Å². The van der Waals surface area contributed by atoms with Crippen molar-refractivity contribution in [2.24, 2.45) is 5.41 Å². The van der Waals surface area contributed by atoms with Crippen LogP contribution < -0.4 is 5.32 Å². The van der Waals surface area contributed by atoms with Crippen LogP contribution in [0.5, 0.6) is 0 Å². The van der Waals surface area contributed by atoms with Crippen molar-refractivity contribution in [3.8, 4) is 0 Å². The molecule has 1 N–H and O–H groups in total. The summed E-state index contributed by atoms with van der Waals surface area (Å²) in [6.45, 7) is -4.01. The summed E-state index contributed by atoms with van der Waals surface area (Å²) in [5, 5.41) is 3.28. The predicted molar refractivity (Wildman–Crippen MR) is 182 cm³/mol. The third kappa shape index (κ3) is 17.0. The Hall–Kier alpha value is -6.19. The van der Waals surface area contributed by atoms with Crippen molar-refractivity contribution in [2.75, 3.05) is 92.9 Å². The number of nitrogens with zero attached hydrogens (tertiary/aromatic N) is 3. The zero-order chi connectivity index (χ0) is 43.9. The van der Waals surface area contributed by atoms with Gasteiger partial charge in [0.2, 0.25) is 0 Å². The average Bonchev–Trinajstić information content (AvgIpc) is 3.83. The van der Waals surface area contributed by atoms with Crippen LogP contribution in [0.4, 0.5) is 19.2 Å². The first-order chi connectivity index (χ1) is 28.7. The van der Waals surface area contributed by atoms with E-state index in [2.05, 4.69) is 24.6 Å². The monoisotopic (exact) mass is 864 g/mol. The highest BCUT2D eigenvalue weighted by atomic mass is 16.8. The van der Waals surface area contributed by atoms with Gasteiger partial charge in [-0.2, -0.15) is 0 Å². The third-order valence-corrected chi connectivity index (χ3v) is 7.79. The molecule has 0 aromatic carbocycles. The molecular formula is C33H44N4O23. The van der Waals surface area contributed by atoms with Crippen molar-refractivity contribution in [3.05, 3.63) is 0 Å². The number of carbonyl (C=O) groups is 11. The van der Waals surface area contributed by atoms with Gasteiger partial charge in [-0.25, -0.2) is 19.2 Å². The van der Waals surface area contributed by atoms with Crippen molar-refractivity contribution in [3.63, 3.8) is 0 Å². The fourth-order valence-electron chi connectivity index (χ4n) is 4.80. The molecule has 334 valence electrons. The number of alkyl carbamates (subject to hydrolysis) is 1. The van der Waals surface area contributed by atoms with Gasteiger partial charge in [-0.05, 0) is 0 Å². The Morgan fingerprint density at radius 1 is 0.483 bits per heavy atom. The van der Waals surface area contributed by atoms with E-state index in [4.69, 9.17) is 37.9 Å². The quantitative estimate of drug-likeness (QED) is 0.0471. The topological polar surface area (TPSA) is 320 Å². The highest BCUT2D eigenvalue weighted by Gasteiger charge is 2.37. The molecule has 0 radical (unpaired) electrons. The number of methoxy groups -OCH3 is 1. The normalized spacial score (nSPS) is 15.3. The fourth-order valence-corrected chi connectivity index (χ4v) is 4.80. The molecular weight excluding hydrogens is 820 g/mol. The van der Waals surface area contributed by atoms with Gasteiger partial charge in [-0.3, -0.25) is 48.1 Å². The second-order valence-corrected chi connectivity index (χ2v) is 12.4. The number of amides is 7. The van der Waals surface area contributed by atoms with Crippen molar-refractivity contribution < 1.29 is 110 Å². The van der Waals surface area contributed by atoms with E-state index in [1.54, 1.807) is 0 Å². The number of ether oxygens (including phenoxy) is 9. The minimum absolute atomic E-state index is 0.000115. The van der Waals surface area contributed by atoms with Crippen LogP contribution in [0.25, 0.3) is 0 Å². The Balaban J connectivity index is 1.59. The van der Waals surface area contributed by atoms with Gasteiger partial charge in [0, 0.05) is 45.1 Å². The zero-order valence-electron chi connectivity index (χ0n) is 32.4. The molecule has 3 heterocycles. The van der Waals surface area contributed by atoms with Crippen molar-refractivity contribution in [1.29, 1.82) is 0 Å². The van der Waals surface area contributed by atoms with E-state index in [1.807, 2.05) is 0 Å². The Bertz CT molecular complexity index is 1390. The summed E-state index contributed by atoms with van der Waals surface area (Å²) in [7, 11) is 1.22. The van der Waals surface area contributed by atoms with Crippen LogP contribution in [-0.2, 0) is 90.7 Å². The molecule has 27 nitrogen and oxygen atoms in total. The predicted octanol–water partition coefficient (Wildman–Crippen LogP) is -1.02. The number of rotatable bonds is 26. The molecule has 0 aromatic rings. The van der Waals surface area contributed by atoms with Crippen molar-refractivity contribution >= 4 is 66.0 Å². The summed E-state index contributed by atoms with van der Waals surface area (Å²) in [6.07, 6.45) is -5.90. The highest BCUT2D eigenvalue weighted by Crippen LogP contribution is 2.22. The smallest absolute Gasteiger partial charge is 0.469 e. The molecule has 0 spiro atoms. The lowest BCUT2D eigenvalue weighted by molar-refractivity contribution is -0.178. The summed E-state index contributed by atoms with van der Waals surface area (Å²) in [5.41, 5.74) is -1.44. The molecule has 3 saturated heterocycles. The molecule has 0 atom stereocenters. The second-order valence-electron chi connectivity index (χ2n) is 12.4. The molecule has 27 heteroatoms. The van der Waals surface area contributed by atoms with E-state index in [1.165, 1.54) is 7.11 Å². The molecule has 0 aromatic heterocycles. The Kier molecular flexibility index (Phi) is 20.3. The number of nitrogens with one attached hydrogen (secondary N) is 1. The van der Waals surface area contributed by atoms with E-state index in [-0.39, 0.29) is 120 Å². The standard InChI is InChI=1S/C33H44N4O23/c1-49-28(44)8-10-50-11-9-34-29(45)57-21-33(18-51-12-15-54-30(46)58-35-22(38)2-3-23(35)39,19-52-13-16-55-31(47)59-36-24(40)4-5-25(36)41)20-53-14-17-56-32(48)60-37-26(42)6-7-27(37)43/h2-21H2,1H3,(H,34,45). The first kappa shape index (κ1) is 48.2. The maximum absolute atomic E-state index is 12.6. The van der Waals surface area contributed by atoms with E-state index in [0.717, 1.165) is 0 Å². The summed E-state index contributed by atoms with van der Waals surface area (Å²) in [4.78, 5) is 144. The largest absolute Gasteiger partial charge is 0.534 e. The molecule has 60 heavy (non-hydrogen) atoms. The number of carbonyl (C=O) groups excluding carboxylic acids is 11. The molecule has 0 aliphatic carbocycles. The Morgan fingerprint density at radius 3 is 1.20 bits per heavy atom. The van der Waals surface area contributed by atoms with Crippen LogP contribution in [0.3, 0.4) is 0 Å². The molecule has 0 unspecified atom stereocenters. The molecule has 3 aliphatic heterocycles. The molecule has 3 rings (SSSR count). The third-order valence-electron chi connectivity index (χ3n) is 7.79. The van der Waals surface area contributed by atoms with E-state index >= 15 is 0 Å². The van der Waals surface area contributed by atoms with E-state index in [0.29, 0.717) is 0 Å². The second kappa shape index (κ2) is 25.3. The number of hydrogen-bond acceptors (Lipinski definition) is 23. The van der Waals surface area contributed by atoms with Crippen LogP contribution in [0, 0.1) is 5.41 Å². The maximum Gasteiger partial charge on any atom is 0.534 e. The highest BCUT2D eigenvalue weighted by molar-refractivity contribution is 6.02. The molecule has 3 fully saturated rings. The summed E-state index contributed by atoms with van der Waals surface area (Å²) >= 11 is 0. The number of imide groups is 3. The maximum atomic E-state index is 12.6. The number of hydrogen-bond donors (Lipinski definition) is 1. The summed E-state index contributed by atoms with van der Waals surface area (Å²) in [5.74, 6) is -4.87. The average molecular weight is 865 g/mol. The lowest BCUT2D eigenvalue weighted by Crippen LogP contribution is -2.44. The molecule has 3 aliphatic rings. The van der Waals surface area contributed by atoms with E-state index in [9.17, 15) is 52.7 Å². The van der Waals surface area contributed by atoms with Gasteiger partial charge < -0.3 is 47.9 Å². The van der Waals surface area contributed by atoms with E-state index < -0.39 is 97.8 Å². The van der Waals surface area contributed by atoms with Crippen LogP contribution in [0.15, 0.2) is 0 Å². The summed E-state index contributed by atoms with van der Waals surface area (Å²) < 4.78 is 46.7. The number of esters is 1. The van der Waals surface area contributed by atoms with Gasteiger partial charge in [0.15, 0.2) is 0 Å². The molecule has 7 amide bonds. The van der Waals surface area contributed by atoms with Crippen LogP contribution >= 0.6 is 0 Å². The SMILES string of the molecule is COC(=O)CCOCCNC(=O)OCC(COCCOC(=O)ON1C(=O)CCC1=O)(COCCOC(=O)ON1C(=O)CCC1=O)COCCOC(=O)ON1C(=O)CCC1=O. The molecule has 0 saturated carbocycles. The lowest BCUT2D eigenvalue weighted by Gasteiger charge is -2.32. The lowest BCUT2D eigenvalue weighted by atomic mass is 9.92. The van der Waals surface area contributed by atoms with Crippen LogP contribution in [0.2, 0.25) is 0 Å². The fraction of sp³-hybridized carbons (Fsp3) is 0.667. The van der Waals surface area contributed by atoms with Crippen molar-refractivity contribution in [1.82, 2.24) is 20.5 Å². The summed E-state index contributed by atoms with van der Waals surface area (Å²) in [6, 6.07) is 0. The van der Waals surface area contributed by atoms with Crippen LogP contribution in [0.1, 0.15) is 44.9 Å². The zero-order valence-corrected chi connectivity index (χ0v) is 32.4. The first-order valence-corrected chi connectivity index (χ1v) is 18.1.